The van der Waals surface area contributed by atoms with Crippen molar-refractivity contribution in [1.82, 2.24) is 4.98 Å². The summed E-state index contributed by atoms with van der Waals surface area (Å²) in [6.45, 7) is 1.97. The van der Waals surface area contributed by atoms with Crippen molar-refractivity contribution >= 4 is 10.8 Å². The van der Waals surface area contributed by atoms with E-state index in [0.717, 1.165) is 22.8 Å². The quantitative estimate of drug-likeness (QED) is 0.784. The first kappa shape index (κ1) is 9.16. The summed E-state index contributed by atoms with van der Waals surface area (Å²) in [5.74, 6) is 0. The normalized spacial score (nSPS) is 13.0. The number of benzene rings is 1. The minimum Gasteiger partial charge on any atom is -0.388 e. The van der Waals surface area contributed by atoms with Gasteiger partial charge in [0, 0.05) is 17.8 Å². The third-order valence-electron chi connectivity index (χ3n) is 2.46. The molecule has 0 fully saturated rings. The summed E-state index contributed by atoms with van der Waals surface area (Å²) < 4.78 is 0. The molecule has 1 aromatic carbocycles. The fourth-order valence-corrected chi connectivity index (χ4v) is 1.65. The van der Waals surface area contributed by atoms with Crippen molar-refractivity contribution in [2.75, 3.05) is 0 Å². The molecule has 14 heavy (non-hydrogen) atoms. The van der Waals surface area contributed by atoms with Crippen LogP contribution in [0.2, 0.25) is 0 Å². The SMILES string of the molecule is CCC(O)c1cccc2ccncc12. The number of pyridine rings is 1. The van der Waals surface area contributed by atoms with Crippen LogP contribution in [0.5, 0.6) is 0 Å². The molecule has 1 heterocycles. The second-order valence-corrected chi connectivity index (χ2v) is 3.37. The third-order valence-corrected chi connectivity index (χ3v) is 2.46. The van der Waals surface area contributed by atoms with Crippen molar-refractivity contribution in [2.24, 2.45) is 0 Å². The number of hydrogen-bond donors (Lipinski definition) is 1. The van der Waals surface area contributed by atoms with Gasteiger partial charge in [0.05, 0.1) is 6.10 Å². The average molecular weight is 187 g/mol. The average Bonchev–Trinajstić information content (AvgIpc) is 2.27. The van der Waals surface area contributed by atoms with Gasteiger partial charge in [-0.3, -0.25) is 4.98 Å². The molecular formula is C12H13NO. The predicted molar refractivity (Wildman–Crippen MR) is 57.0 cm³/mol. The highest BCUT2D eigenvalue weighted by Crippen LogP contribution is 2.24. The summed E-state index contributed by atoms with van der Waals surface area (Å²) in [6.07, 6.45) is 3.92. The van der Waals surface area contributed by atoms with Crippen LogP contribution >= 0.6 is 0 Å². The topological polar surface area (TPSA) is 33.1 Å². The van der Waals surface area contributed by atoms with Crippen LogP contribution in [0.15, 0.2) is 36.7 Å². The molecule has 2 heteroatoms. The molecule has 0 bridgehead atoms. The summed E-state index contributed by atoms with van der Waals surface area (Å²) in [4.78, 5) is 4.08. The molecule has 0 radical (unpaired) electrons. The highest BCUT2D eigenvalue weighted by molar-refractivity contribution is 5.84. The molecule has 0 spiro atoms. The van der Waals surface area contributed by atoms with E-state index >= 15 is 0 Å². The fraction of sp³-hybridized carbons (Fsp3) is 0.250. The van der Waals surface area contributed by atoms with Gasteiger partial charge in [0.25, 0.3) is 0 Å². The molecule has 1 unspecified atom stereocenters. The number of rotatable bonds is 2. The van der Waals surface area contributed by atoms with Gasteiger partial charge in [0.15, 0.2) is 0 Å². The Kier molecular flexibility index (Phi) is 2.46. The van der Waals surface area contributed by atoms with Crippen LogP contribution in [0.3, 0.4) is 0 Å². The van der Waals surface area contributed by atoms with Gasteiger partial charge in [-0.1, -0.05) is 25.1 Å². The lowest BCUT2D eigenvalue weighted by Gasteiger charge is -2.10. The maximum atomic E-state index is 9.80. The molecule has 1 N–H and O–H groups in total. The van der Waals surface area contributed by atoms with Crippen molar-refractivity contribution in [3.8, 4) is 0 Å². The highest BCUT2D eigenvalue weighted by Gasteiger charge is 2.08. The Labute approximate surface area is 83.2 Å². The monoisotopic (exact) mass is 187 g/mol. The zero-order chi connectivity index (χ0) is 9.97. The molecule has 1 atom stereocenters. The number of hydrogen-bond acceptors (Lipinski definition) is 2. The van der Waals surface area contributed by atoms with Crippen LogP contribution in [0.4, 0.5) is 0 Å². The van der Waals surface area contributed by atoms with Gasteiger partial charge in [-0.2, -0.15) is 0 Å². The molecule has 0 saturated heterocycles. The summed E-state index contributed by atoms with van der Waals surface area (Å²) in [5, 5.41) is 12.0. The Morgan fingerprint density at radius 2 is 2.21 bits per heavy atom. The molecule has 2 aromatic rings. The smallest absolute Gasteiger partial charge is 0.0794 e. The maximum Gasteiger partial charge on any atom is 0.0794 e. The predicted octanol–water partition coefficient (Wildman–Crippen LogP) is 2.68. The first-order valence-electron chi connectivity index (χ1n) is 4.83. The Hall–Kier alpha value is -1.41. The standard InChI is InChI=1S/C12H13NO/c1-2-12(14)10-5-3-4-9-6-7-13-8-11(9)10/h3-8,12,14H,2H2,1H3. The van der Waals surface area contributed by atoms with E-state index in [1.165, 1.54) is 0 Å². The number of aliphatic hydroxyl groups excluding tert-OH is 1. The van der Waals surface area contributed by atoms with Gasteiger partial charge >= 0.3 is 0 Å². The second kappa shape index (κ2) is 3.76. The summed E-state index contributed by atoms with van der Waals surface area (Å²) in [6, 6.07) is 7.92. The zero-order valence-corrected chi connectivity index (χ0v) is 8.14. The largest absolute Gasteiger partial charge is 0.388 e. The molecule has 2 rings (SSSR count). The molecule has 0 aliphatic heterocycles. The van der Waals surface area contributed by atoms with E-state index in [1.807, 2.05) is 37.4 Å². The van der Waals surface area contributed by atoms with Crippen LogP contribution < -0.4 is 0 Å². The molecule has 0 saturated carbocycles. The third kappa shape index (κ3) is 1.49. The van der Waals surface area contributed by atoms with E-state index in [4.69, 9.17) is 0 Å². The molecule has 0 amide bonds. The molecule has 2 nitrogen and oxygen atoms in total. The van der Waals surface area contributed by atoms with Crippen LogP contribution in [-0.2, 0) is 0 Å². The van der Waals surface area contributed by atoms with Crippen molar-refractivity contribution in [2.45, 2.75) is 19.4 Å². The minimum atomic E-state index is -0.386. The summed E-state index contributed by atoms with van der Waals surface area (Å²) >= 11 is 0. The van der Waals surface area contributed by atoms with E-state index in [-0.39, 0.29) is 6.10 Å². The van der Waals surface area contributed by atoms with E-state index in [1.54, 1.807) is 6.20 Å². The first-order chi connectivity index (χ1) is 6.83. The van der Waals surface area contributed by atoms with E-state index in [9.17, 15) is 5.11 Å². The van der Waals surface area contributed by atoms with Gasteiger partial charge in [-0.15, -0.1) is 0 Å². The zero-order valence-electron chi connectivity index (χ0n) is 8.14. The molecule has 72 valence electrons. The van der Waals surface area contributed by atoms with Crippen molar-refractivity contribution in [3.63, 3.8) is 0 Å². The minimum absolute atomic E-state index is 0.386. The second-order valence-electron chi connectivity index (χ2n) is 3.37. The van der Waals surface area contributed by atoms with E-state index < -0.39 is 0 Å². The number of aliphatic hydroxyl groups is 1. The van der Waals surface area contributed by atoms with Crippen LogP contribution in [0.1, 0.15) is 25.0 Å². The number of aromatic nitrogens is 1. The van der Waals surface area contributed by atoms with Gasteiger partial charge in [-0.05, 0) is 23.4 Å². The summed E-state index contributed by atoms with van der Waals surface area (Å²) in [7, 11) is 0. The lowest BCUT2D eigenvalue weighted by Crippen LogP contribution is -1.96. The number of fused-ring (bicyclic) bond motifs is 1. The molecule has 0 aliphatic carbocycles. The van der Waals surface area contributed by atoms with Crippen LogP contribution in [0.25, 0.3) is 10.8 Å². The van der Waals surface area contributed by atoms with Gasteiger partial charge in [0.1, 0.15) is 0 Å². The molecular weight excluding hydrogens is 174 g/mol. The lowest BCUT2D eigenvalue weighted by molar-refractivity contribution is 0.175. The van der Waals surface area contributed by atoms with Crippen molar-refractivity contribution in [1.29, 1.82) is 0 Å². The van der Waals surface area contributed by atoms with Gasteiger partial charge in [-0.25, -0.2) is 0 Å². The Balaban J connectivity index is 2.65. The lowest BCUT2D eigenvalue weighted by atomic mass is 10.0. The van der Waals surface area contributed by atoms with E-state index in [2.05, 4.69) is 4.98 Å². The van der Waals surface area contributed by atoms with Crippen molar-refractivity contribution < 1.29 is 5.11 Å². The first-order valence-corrected chi connectivity index (χ1v) is 4.83. The van der Waals surface area contributed by atoms with Gasteiger partial charge < -0.3 is 5.11 Å². The van der Waals surface area contributed by atoms with Gasteiger partial charge in [0.2, 0.25) is 0 Å². The Morgan fingerprint density at radius 3 is 3.00 bits per heavy atom. The van der Waals surface area contributed by atoms with Crippen LogP contribution in [-0.4, -0.2) is 10.1 Å². The van der Waals surface area contributed by atoms with Crippen molar-refractivity contribution in [3.05, 3.63) is 42.2 Å². The number of nitrogens with zero attached hydrogens (tertiary/aromatic N) is 1. The molecule has 0 aliphatic rings. The van der Waals surface area contributed by atoms with E-state index in [0.29, 0.717) is 0 Å². The Bertz CT molecular complexity index is 434. The summed E-state index contributed by atoms with van der Waals surface area (Å²) in [5.41, 5.74) is 0.970. The maximum absolute atomic E-state index is 9.80. The van der Waals surface area contributed by atoms with Crippen LogP contribution in [0, 0.1) is 0 Å². The Morgan fingerprint density at radius 1 is 1.36 bits per heavy atom. The fourth-order valence-electron chi connectivity index (χ4n) is 1.65. The highest BCUT2D eigenvalue weighted by atomic mass is 16.3. The molecule has 1 aromatic heterocycles.